The predicted molar refractivity (Wildman–Crippen MR) is 90.4 cm³/mol. The summed E-state index contributed by atoms with van der Waals surface area (Å²) in [7, 11) is 1.64. The first kappa shape index (κ1) is 15.5. The molecule has 1 aromatic heterocycles. The van der Waals surface area contributed by atoms with E-state index in [1.54, 1.807) is 7.11 Å². The van der Waals surface area contributed by atoms with Gasteiger partial charge in [-0.1, -0.05) is 32.4 Å². The van der Waals surface area contributed by atoms with Gasteiger partial charge in [0.15, 0.2) is 5.82 Å². The van der Waals surface area contributed by atoms with Gasteiger partial charge in [-0.25, -0.2) is 9.97 Å². The molecular weight excluding hydrogens is 387 g/mol. The summed E-state index contributed by atoms with van der Waals surface area (Å²) in [5.74, 6) is 1.45. The van der Waals surface area contributed by atoms with Crippen molar-refractivity contribution in [1.29, 1.82) is 0 Å². The van der Waals surface area contributed by atoms with Crippen molar-refractivity contribution in [3.05, 3.63) is 38.7 Å². The number of hydrogen-bond donors (Lipinski definition) is 0. The highest BCUT2D eigenvalue weighted by Crippen LogP contribution is 2.31. The monoisotopic (exact) mass is 402 g/mol. The Morgan fingerprint density at radius 3 is 2.20 bits per heavy atom. The SMILES string of the molecule is COc1ccc(-c2nc(Cl)c(I)c(C(C)(C)C)n2)cc1. The van der Waals surface area contributed by atoms with E-state index in [2.05, 4.69) is 53.3 Å². The zero-order valence-electron chi connectivity index (χ0n) is 11.9. The molecule has 0 saturated heterocycles. The van der Waals surface area contributed by atoms with Crippen molar-refractivity contribution < 1.29 is 4.74 Å². The Morgan fingerprint density at radius 2 is 1.70 bits per heavy atom. The quantitative estimate of drug-likeness (QED) is 0.539. The molecular formula is C15H16ClIN2O. The first-order chi connectivity index (χ1) is 9.32. The molecule has 0 unspecified atom stereocenters. The molecule has 1 aromatic carbocycles. The van der Waals surface area contributed by atoms with Crippen LogP contribution in [0.1, 0.15) is 26.5 Å². The highest BCUT2D eigenvalue weighted by Gasteiger charge is 2.22. The fraction of sp³-hybridized carbons (Fsp3) is 0.333. The van der Waals surface area contributed by atoms with E-state index >= 15 is 0 Å². The van der Waals surface area contributed by atoms with Gasteiger partial charge in [0.25, 0.3) is 0 Å². The Kier molecular flexibility index (Phi) is 4.54. The molecule has 20 heavy (non-hydrogen) atoms. The van der Waals surface area contributed by atoms with Crippen LogP contribution in [0.5, 0.6) is 5.75 Å². The van der Waals surface area contributed by atoms with Crippen LogP contribution < -0.4 is 4.74 Å². The van der Waals surface area contributed by atoms with E-state index in [4.69, 9.17) is 16.3 Å². The number of nitrogens with zero attached hydrogens (tertiary/aromatic N) is 2. The molecule has 0 amide bonds. The third-order valence-corrected chi connectivity index (χ3v) is 4.48. The molecule has 3 nitrogen and oxygen atoms in total. The van der Waals surface area contributed by atoms with Crippen LogP contribution in [0.25, 0.3) is 11.4 Å². The van der Waals surface area contributed by atoms with Crippen LogP contribution in [0.15, 0.2) is 24.3 Å². The van der Waals surface area contributed by atoms with Gasteiger partial charge in [-0.2, -0.15) is 0 Å². The summed E-state index contributed by atoms with van der Waals surface area (Å²) in [5, 5.41) is 0.497. The molecule has 5 heteroatoms. The molecule has 0 atom stereocenters. The van der Waals surface area contributed by atoms with Crippen LogP contribution in [0, 0.1) is 3.57 Å². The minimum Gasteiger partial charge on any atom is -0.497 e. The van der Waals surface area contributed by atoms with E-state index in [0.717, 1.165) is 20.6 Å². The van der Waals surface area contributed by atoms with Crippen molar-refractivity contribution in [2.45, 2.75) is 26.2 Å². The molecule has 0 spiro atoms. The molecule has 106 valence electrons. The minimum atomic E-state index is -0.0790. The molecule has 0 fully saturated rings. The van der Waals surface area contributed by atoms with Gasteiger partial charge >= 0.3 is 0 Å². The van der Waals surface area contributed by atoms with Crippen molar-refractivity contribution in [2.24, 2.45) is 0 Å². The van der Waals surface area contributed by atoms with Gasteiger partial charge in [0, 0.05) is 11.0 Å². The number of hydrogen-bond acceptors (Lipinski definition) is 3. The van der Waals surface area contributed by atoms with Crippen LogP contribution >= 0.6 is 34.2 Å². The van der Waals surface area contributed by atoms with Crippen LogP contribution in [-0.4, -0.2) is 17.1 Å². The molecule has 0 saturated carbocycles. The van der Waals surface area contributed by atoms with E-state index in [1.165, 1.54) is 0 Å². The molecule has 0 bridgehead atoms. The Bertz CT molecular complexity index is 621. The summed E-state index contributed by atoms with van der Waals surface area (Å²) >= 11 is 8.45. The maximum Gasteiger partial charge on any atom is 0.161 e. The third-order valence-electron chi connectivity index (χ3n) is 2.87. The fourth-order valence-electron chi connectivity index (χ4n) is 1.79. The molecule has 0 N–H and O–H groups in total. The third kappa shape index (κ3) is 3.23. The Labute approximate surface area is 137 Å². The molecule has 0 aliphatic heterocycles. The van der Waals surface area contributed by atoms with Crippen LogP contribution in [0.2, 0.25) is 5.15 Å². The first-order valence-corrected chi connectivity index (χ1v) is 7.66. The molecule has 2 aromatic rings. The maximum absolute atomic E-state index is 6.25. The largest absolute Gasteiger partial charge is 0.497 e. The normalized spacial score (nSPS) is 11.5. The van der Waals surface area contributed by atoms with Crippen molar-refractivity contribution in [2.75, 3.05) is 7.11 Å². The second-order valence-corrected chi connectivity index (χ2v) is 6.92. The zero-order chi connectivity index (χ0) is 14.9. The van der Waals surface area contributed by atoms with Crippen molar-refractivity contribution in [3.8, 4) is 17.1 Å². The molecule has 0 aliphatic rings. The average Bonchev–Trinajstić information content (AvgIpc) is 2.40. The lowest BCUT2D eigenvalue weighted by molar-refractivity contribution is 0.415. The Morgan fingerprint density at radius 1 is 1.10 bits per heavy atom. The minimum absolute atomic E-state index is 0.0790. The number of ether oxygens (including phenoxy) is 1. The smallest absolute Gasteiger partial charge is 0.161 e. The van der Waals surface area contributed by atoms with Crippen LogP contribution in [-0.2, 0) is 5.41 Å². The summed E-state index contributed by atoms with van der Waals surface area (Å²) in [6.45, 7) is 6.35. The highest BCUT2D eigenvalue weighted by molar-refractivity contribution is 14.1. The van der Waals surface area contributed by atoms with Crippen LogP contribution in [0.3, 0.4) is 0 Å². The first-order valence-electron chi connectivity index (χ1n) is 6.21. The maximum atomic E-state index is 6.25. The lowest BCUT2D eigenvalue weighted by Gasteiger charge is -2.20. The average molecular weight is 403 g/mol. The van der Waals surface area contributed by atoms with E-state index in [1.807, 2.05) is 24.3 Å². The Balaban J connectivity index is 2.54. The standard InChI is InChI=1S/C15H16ClIN2O/c1-15(2,3)12-11(17)13(16)19-14(18-12)9-5-7-10(20-4)8-6-9/h5-8H,1-4H3. The van der Waals surface area contributed by atoms with Gasteiger partial charge in [0.2, 0.25) is 0 Å². The number of benzene rings is 1. The second kappa shape index (κ2) is 5.85. The van der Waals surface area contributed by atoms with Gasteiger partial charge in [-0.15, -0.1) is 0 Å². The topological polar surface area (TPSA) is 35.0 Å². The summed E-state index contributed by atoms with van der Waals surface area (Å²) in [5.41, 5.74) is 1.81. The summed E-state index contributed by atoms with van der Waals surface area (Å²) in [6.07, 6.45) is 0. The van der Waals surface area contributed by atoms with Crippen molar-refractivity contribution >= 4 is 34.2 Å². The molecule has 0 aliphatic carbocycles. The van der Waals surface area contributed by atoms with Gasteiger partial charge in [0.05, 0.1) is 16.4 Å². The number of aromatic nitrogens is 2. The fourth-order valence-corrected chi connectivity index (χ4v) is 3.01. The predicted octanol–water partition coefficient (Wildman–Crippen LogP) is 4.71. The lowest BCUT2D eigenvalue weighted by Crippen LogP contribution is -2.17. The summed E-state index contributed by atoms with van der Waals surface area (Å²) < 4.78 is 6.07. The number of rotatable bonds is 2. The summed E-state index contributed by atoms with van der Waals surface area (Å²) in [4.78, 5) is 9.06. The van der Waals surface area contributed by atoms with E-state index in [0.29, 0.717) is 11.0 Å². The van der Waals surface area contributed by atoms with Gasteiger partial charge in [-0.3, -0.25) is 0 Å². The van der Waals surface area contributed by atoms with Crippen molar-refractivity contribution in [3.63, 3.8) is 0 Å². The lowest BCUT2D eigenvalue weighted by atomic mass is 9.92. The second-order valence-electron chi connectivity index (χ2n) is 5.48. The molecule has 2 rings (SSSR count). The van der Waals surface area contributed by atoms with Gasteiger partial charge in [-0.05, 0) is 46.9 Å². The summed E-state index contributed by atoms with van der Waals surface area (Å²) in [6, 6.07) is 7.65. The Hall–Kier alpha value is -0.880. The highest BCUT2D eigenvalue weighted by atomic mass is 127. The number of halogens is 2. The van der Waals surface area contributed by atoms with Crippen molar-refractivity contribution in [1.82, 2.24) is 9.97 Å². The molecule has 1 heterocycles. The van der Waals surface area contributed by atoms with Gasteiger partial charge < -0.3 is 4.74 Å². The zero-order valence-corrected chi connectivity index (χ0v) is 14.8. The van der Waals surface area contributed by atoms with Crippen LogP contribution in [0.4, 0.5) is 0 Å². The van der Waals surface area contributed by atoms with E-state index < -0.39 is 0 Å². The van der Waals surface area contributed by atoms with Gasteiger partial charge in [0.1, 0.15) is 10.9 Å². The number of methoxy groups -OCH3 is 1. The van der Waals surface area contributed by atoms with E-state index in [9.17, 15) is 0 Å². The molecule has 0 radical (unpaired) electrons. The van der Waals surface area contributed by atoms with E-state index in [-0.39, 0.29) is 5.41 Å².